The van der Waals surface area contributed by atoms with Gasteiger partial charge in [0.25, 0.3) is 0 Å². The zero-order valence-corrected chi connectivity index (χ0v) is 83.4. The summed E-state index contributed by atoms with van der Waals surface area (Å²) in [4.78, 5) is 66.4. The molecule has 3 aromatic heterocycles. The Morgan fingerprint density at radius 2 is 0.697 bits per heavy atom. The number of nitrogens with zero attached hydrogens (tertiary/aromatic N) is 8. The van der Waals surface area contributed by atoms with Gasteiger partial charge in [-0.25, -0.2) is 0 Å². The van der Waals surface area contributed by atoms with Gasteiger partial charge in [0.05, 0.1) is 0 Å². The van der Waals surface area contributed by atoms with Crippen molar-refractivity contribution in [1.29, 1.82) is 0 Å². The van der Waals surface area contributed by atoms with Crippen molar-refractivity contribution in [3.05, 3.63) is 193 Å². The van der Waals surface area contributed by atoms with Crippen LogP contribution in [0.1, 0.15) is 125 Å². The van der Waals surface area contributed by atoms with Crippen LogP contribution in [0.4, 0.5) is 11.4 Å². The van der Waals surface area contributed by atoms with Crippen molar-refractivity contribution in [1.82, 2.24) is 29.9 Å². The average molecular weight is 2190 g/mol. The van der Waals surface area contributed by atoms with Crippen LogP contribution in [-0.2, 0) is 74.7 Å². The molecule has 0 aliphatic carbocycles. The van der Waals surface area contributed by atoms with Gasteiger partial charge >= 0.3 is 407 Å². The van der Waals surface area contributed by atoms with E-state index in [4.69, 9.17) is 11.3 Å². The summed E-state index contributed by atoms with van der Waals surface area (Å²) < 4.78 is 9.60. The Balaban J connectivity index is 0.000000663. The van der Waals surface area contributed by atoms with E-state index in [1.165, 1.54) is 31.4 Å². The number of benzene rings is 6. The molecule has 0 saturated heterocycles. The second-order valence-corrected chi connectivity index (χ2v) is 67.8. The second-order valence-electron chi connectivity index (χ2n) is 35.9. The van der Waals surface area contributed by atoms with Crippen LogP contribution in [-0.4, -0.2) is 124 Å². The molecule has 0 aliphatic heterocycles. The molecule has 109 heavy (non-hydrogen) atoms. The number of rotatable bonds is 11. The molecule has 0 fully saturated rings. The first kappa shape index (κ1) is 101. The Labute approximate surface area is 700 Å². The monoisotopic (exact) mass is 2200 g/mol. The molecule has 21 heteroatoms. The third kappa shape index (κ3) is 31.6. The van der Waals surface area contributed by atoms with E-state index in [1.807, 2.05) is 163 Å². The molecule has 0 aliphatic rings. The van der Waals surface area contributed by atoms with E-state index in [1.54, 1.807) is 38.2 Å². The number of ether oxygens (including phenoxy) is 1. The Kier molecular flexibility index (Phi) is 38.2. The number of aliphatic hydroxyl groups is 3. The summed E-state index contributed by atoms with van der Waals surface area (Å²) in [6.07, 6.45) is 8.79. The van der Waals surface area contributed by atoms with Crippen LogP contribution in [0, 0.1) is 57.3 Å². The predicted octanol–water partition coefficient (Wildman–Crippen LogP) is 20.8. The largest absolute Gasteiger partial charge is 0 e. The molecule has 0 atom stereocenters. The average Bonchev–Trinajstić information content (AvgIpc) is 0.800. The molecule has 9 aromatic rings. The number of fused-ring (bicyclic) bond motifs is 3. The summed E-state index contributed by atoms with van der Waals surface area (Å²) in [5, 5.41) is 31.7. The minimum Gasteiger partial charge on any atom is 0 e. The molecular formula is C88H117Ge3Ir3N8O7-3. The number of allylic oxidation sites excluding steroid dienone is 6. The Hall–Kier alpha value is -6.36. The van der Waals surface area contributed by atoms with Crippen LogP contribution in [0.2, 0.25) is 51.8 Å². The van der Waals surface area contributed by atoms with Crippen molar-refractivity contribution in [3.8, 4) is 39.5 Å². The molecule has 0 amide bonds. The van der Waals surface area contributed by atoms with E-state index >= 15 is 0 Å². The van der Waals surface area contributed by atoms with Crippen LogP contribution in [0.3, 0.4) is 0 Å². The molecule has 593 valence electrons. The number of hydrogen-bond donors (Lipinski definition) is 3. The fraction of sp³-hybridized carbons (Fsp3) is 0.409. The molecule has 0 unspecified atom stereocenters. The van der Waals surface area contributed by atoms with Gasteiger partial charge in [0, 0.05) is 111 Å². The number of ketones is 3. The maximum atomic E-state index is 11.5. The SMILES string of the molecule is CC(C)(C)C(=O)C=C(O)C(C)(C)C.CC(C)(C)C(=O)C=C(O)C(C)(C)C.CC(C)(C)C(=O)C=C(O)C(C)(C)C.CN(C)c1ccc2c(-c3[c-]c[c]([Ge]([CH3])([CH3])[CH3])cc3)ncnc2c1.COc1ccc2c(-c3[c-]c[c]([Ge]([CH3])([CH3])[CH3])cc3)ncnc2c1.[C-]#[N+]c1ccc2c(-c3[c-]c[c]([Ge]([CH3])([CH3])[CH3])cc3)ncnc2c1.[Ir].[Ir].[Ir]. The normalized spacial score (nSPS) is 12.3. The second kappa shape index (κ2) is 41.4. The topological polar surface area (TPSA) is 206 Å². The summed E-state index contributed by atoms with van der Waals surface area (Å²) in [6.45, 7) is 40.4. The number of aromatic nitrogens is 6. The number of carbonyl (C=O) groups excluding carboxylic acids is 3. The van der Waals surface area contributed by atoms with Crippen LogP contribution in [0.25, 0.3) is 71.3 Å². The molecule has 3 N–H and O–H groups in total. The zero-order valence-electron chi connectivity index (χ0n) is 69.9. The number of hydrogen-bond acceptors (Lipinski definition) is 14. The maximum absolute atomic E-state index is 11.5. The van der Waals surface area contributed by atoms with Gasteiger partial charge in [0.15, 0.2) is 17.3 Å². The van der Waals surface area contributed by atoms with E-state index < -0.39 is 56.0 Å². The number of methoxy groups -OCH3 is 1. The number of anilines is 1. The van der Waals surface area contributed by atoms with Crippen LogP contribution >= 0.6 is 0 Å². The van der Waals surface area contributed by atoms with Crippen molar-refractivity contribution in [2.45, 2.75) is 176 Å². The molecule has 0 saturated carbocycles. The summed E-state index contributed by atoms with van der Waals surface area (Å²) in [5.41, 5.74) is 7.84. The summed E-state index contributed by atoms with van der Waals surface area (Å²) in [6, 6.07) is 47.3. The molecular weight excluding hydrogens is 2080 g/mol. The Bertz CT molecular complexity index is 4520. The number of aliphatic hydroxyl groups excluding tert-OH is 3. The first-order valence-electron chi connectivity index (χ1n) is 35.8. The van der Waals surface area contributed by atoms with Gasteiger partial charge in [-0.3, -0.25) is 14.4 Å². The van der Waals surface area contributed by atoms with Crippen molar-refractivity contribution in [2.75, 3.05) is 26.1 Å². The van der Waals surface area contributed by atoms with Gasteiger partial charge in [0.2, 0.25) is 0 Å². The smallest absolute Gasteiger partial charge is 0 e. The molecule has 0 spiro atoms. The van der Waals surface area contributed by atoms with Gasteiger partial charge in [-0.15, -0.1) is 0 Å². The first-order valence-corrected chi connectivity index (χ1v) is 57.8. The molecule has 3 radical (unpaired) electrons. The van der Waals surface area contributed by atoms with E-state index in [2.05, 4.69) is 182 Å². The van der Waals surface area contributed by atoms with Gasteiger partial charge in [0.1, 0.15) is 17.3 Å². The van der Waals surface area contributed by atoms with Gasteiger partial charge in [-0.1, -0.05) is 125 Å². The molecule has 15 nitrogen and oxygen atoms in total. The summed E-state index contributed by atoms with van der Waals surface area (Å²) >= 11 is -5.42. The first-order chi connectivity index (χ1) is 48.5. The van der Waals surface area contributed by atoms with Crippen molar-refractivity contribution in [2.24, 2.45) is 32.5 Å². The summed E-state index contributed by atoms with van der Waals surface area (Å²) in [7, 11) is 5.73. The van der Waals surface area contributed by atoms with Crippen LogP contribution in [0.15, 0.2) is 164 Å². The Morgan fingerprint density at radius 1 is 0.413 bits per heavy atom. The molecule has 3 heterocycles. The zero-order chi connectivity index (χ0) is 80.7. The van der Waals surface area contributed by atoms with Crippen molar-refractivity contribution < 1.29 is 94.8 Å². The third-order valence-corrected chi connectivity index (χ3v) is 29.7. The predicted molar refractivity (Wildman–Crippen MR) is 451 cm³/mol. The number of carbonyl (C=O) groups is 3. The minimum atomic E-state index is -1.82. The van der Waals surface area contributed by atoms with E-state index in [0.717, 1.165) is 77.9 Å². The third-order valence-electron chi connectivity index (χ3n) is 16.9. The fourth-order valence-corrected chi connectivity index (χ4v) is 15.9. The molecule has 6 aromatic carbocycles. The standard InChI is InChI=1S/C19H22GeN3.C18H16GeN3.C18H19GeN2O.3C11H20O2.3Ir/c1-20(2,3)15-8-6-14(7-9-15)19-17-11-10-16(23(4)5)12-18(17)21-13-22-19;1-19(2,3)14-7-5-13(6-8-14)18-16-10-9-15(20-4)11-17(16)21-12-22-18;1-19(2,3)14-7-5-13(6-8-14)18-16-10-9-15(22-4)11-17(16)20-12-21-18;3*1-10(2,3)8(12)7-9(13)11(4,5)6;;;/h6,8-13H,1-5H3;5,7-12H,1-3H3;5,7-12H,1-4H3;3*7,12H,1-6H3;;;/q3*-1;;;;;;. The van der Waals surface area contributed by atoms with E-state index in [-0.39, 0.29) is 111 Å². The van der Waals surface area contributed by atoms with Crippen molar-refractivity contribution >= 4 is 114 Å². The van der Waals surface area contributed by atoms with Crippen LogP contribution in [0.5, 0.6) is 5.75 Å². The Morgan fingerprint density at radius 3 is 0.945 bits per heavy atom. The summed E-state index contributed by atoms with van der Waals surface area (Å²) in [5.74, 6) is 22.6. The molecule has 9 rings (SSSR count). The fourth-order valence-electron chi connectivity index (χ4n) is 9.03. The van der Waals surface area contributed by atoms with Gasteiger partial charge in [-0.05, 0) is 0 Å². The van der Waals surface area contributed by atoms with Crippen molar-refractivity contribution in [3.63, 3.8) is 0 Å². The van der Waals surface area contributed by atoms with E-state index in [9.17, 15) is 29.7 Å². The van der Waals surface area contributed by atoms with Gasteiger partial charge in [-0.2, -0.15) is 0 Å². The molecule has 0 bridgehead atoms. The maximum Gasteiger partial charge on any atom is 0 e. The van der Waals surface area contributed by atoms with Crippen LogP contribution < -0.4 is 22.8 Å². The van der Waals surface area contributed by atoms with E-state index in [0.29, 0.717) is 5.69 Å². The minimum absolute atomic E-state index is 0. The quantitative estimate of drug-likeness (QED) is 0.0477. The van der Waals surface area contributed by atoms with Gasteiger partial charge < -0.3 is 15.3 Å².